The van der Waals surface area contributed by atoms with Gasteiger partial charge in [0.1, 0.15) is 0 Å². The molecule has 2 aromatic heterocycles. The van der Waals surface area contributed by atoms with E-state index in [-0.39, 0.29) is 12.7 Å². The lowest BCUT2D eigenvalue weighted by Crippen LogP contribution is -2.28. The number of rotatable bonds is 4. The van der Waals surface area contributed by atoms with E-state index in [0.717, 1.165) is 52.6 Å². The van der Waals surface area contributed by atoms with Crippen molar-refractivity contribution in [1.82, 2.24) is 14.6 Å². The Bertz CT molecular complexity index is 805. The van der Waals surface area contributed by atoms with E-state index in [1.807, 2.05) is 30.5 Å². The van der Waals surface area contributed by atoms with Crippen molar-refractivity contribution in [1.29, 1.82) is 0 Å². The van der Waals surface area contributed by atoms with Gasteiger partial charge in [-0.2, -0.15) is 0 Å². The van der Waals surface area contributed by atoms with Gasteiger partial charge in [0.25, 0.3) is 0 Å². The minimum Gasteiger partial charge on any atom is -0.393 e. The number of fused-ring (bicyclic) bond motifs is 1. The Kier molecular flexibility index (Phi) is 4.22. The molecular formula is C17H20N4O2S. The van der Waals surface area contributed by atoms with Crippen molar-refractivity contribution in [2.24, 2.45) is 0 Å². The zero-order valence-corrected chi connectivity index (χ0v) is 14.0. The summed E-state index contributed by atoms with van der Waals surface area (Å²) in [5, 5.41) is 27.9. The second kappa shape index (κ2) is 6.51. The summed E-state index contributed by atoms with van der Waals surface area (Å²) >= 11 is 1.53. The third-order valence-corrected chi connectivity index (χ3v) is 5.38. The lowest BCUT2D eigenvalue weighted by atomic mass is 9.93. The molecule has 1 saturated carbocycles. The Morgan fingerprint density at radius 1 is 1.21 bits per heavy atom. The van der Waals surface area contributed by atoms with Crippen LogP contribution in [0.1, 0.15) is 31.2 Å². The highest BCUT2D eigenvalue weighted by molar-refractivity contribution is 7.20. The van der Waals surface area contributed by atoms with Crippen LogP contribution >= 0.6 is 11.3 Å². The number of imidazole rings is 1. The molecule has 7 heteroatoms. The molecule has 0 unspecified atom stereocenters. The average Bonchev–Trinajstić information content (AvgIpc) is 3.15. The first-order chi connectivity index (χ1) is 11.7. The van der Waals surface area contributed by atoms with Crippen LogP contribution in [0.15, 0.2) is 30.5 Å². The number of nitrogens with zero attached hydrogens (tertiary/aromatic N) is 3. The fraction of sp³-hybridized carbons (Fsp3) is 0.412. The van der Waals surface area contributed by atoms with Crippen molar-refractivity contribution in [2.75, 3.05) is 5.32 Å². The zero-order chi connectivity index (χ0) is 16.5. The third kappa shape index (κ3) is 3.02. The summed E-state index contributed by atoms with van der Waals surface area (Å²) in [6.07, 6.45) is 5.39. The second-order valence-corrected chi connectivity index (χ2v) is 7.18. The molecule has 0 saturated heterocycles. The smallest absolute Gasteiger partial charge is 0.214 e. The van der Waals surface area contributed by atoms with E-state index in [0.29, 0.717) is 6.04 Å². The van der Waals surface area contributed by atoms with Gasteiger partial charge in [-0.1, -0.05) is 35.6 Å². The number of aliphatic hydroxyl groups is 2. The van der Waals surface area contributed by atoms with E-state index in [9.17, 15) is 10.2 Å². The van der Waals surface area contributed by atoms with Gasteiger partial charge in [-0.25, -0.2) is 9.50 Å². The summed E-state index contributed by atoms with van der Waals surface area (Å²) < 4.78 is 1.79. The quantitative estimate of drug-likeness (QED) is 0.678. The van der Waals surface area contributed by atoms with Crippen molar-refractivity contribution in [3.8, 4) is 11.3 Å². The Labute approximate surface area is 143 Å². The van der Waals surface area contributed by atoms with Crippen molar-refractivity contribution in [3.63, 3.8) is 0 Å². The number of hydrogen-bond acceptors (Lipinski definition) is 6. The molecule has 0 atom stereocenters. The minimum absolute atomic E-state index is 0.00485. The highest BCUT2D eigenvalue weighted by atomic mass is 32.1. The van der Waals surface area contributed by atoms with E-state index in [1.165, 1.54) is 11.3 Å². The molecule has 0 aliphatic heterocycles. The predicted octanol–water partition coefficient (Wildman–Crippen LogP) is 2.67. The fourth-order valence-electron chi connectivity index (χ4n) is 3.19. The molecule has 0 bridgehead atoms. The van der Waals surface area contributed by atoms with E-state index in [2.05, 4.69) is 15.4 Å². The van der Waals surface area contributed by atoms with Gasteiger partial charge in [0.05, 0.1) is 24.6 Å². The zero-order valence-electron chi connectivity index (χ0n) is 13.2. The largest absolute Gasteiger partial charge is 0.393 e. The fourth-order valence-corrected chi connectivity index (χ4v) is 4.05. The molecule has 2 heterocycles. The van der Waals surface area contributed by atoms with Gasteiger partial charge in [-0.15, -0.1) is 5.10 Å². The highest BCUT2D eigenvalue weighted by Gasteiger charge is 2.20. The molecule has 1 fully saturated rings. The van der Waals surface area contributed by atoms with E-state index in [1.54, 1.807) is 4.52 Å². The summed E-state index contributed by atoms with van der Waals surface area (Å²) in [7, 11) is 0. The van der Waals surface area contributed by atoms with Crippen LogP contribution in [0.4, 0.5) is 5.13 Å². The lowest BCUT2D eigenvalue weighted by molar-refractivity contribution is 0.126. The molecule has 3 N–H and O–H groups in total. The number of anilines is 1. The molecule has 0 spiro atoms. The monoisotopic (exact) mass is 344 g/mol. The Hall–Kier alpha value is -1.96. The Morgan fingerprint density at radius 2 is 2.00 bits per heavy atom. The molecule has 126 valence electrons. The predicted molar refractivity (Wildman–Crippen MR) is 94.1 cm³/mol. The molecule has 0 radical (unpaired) electrons. The van der Waals surface area contributed by atoms with E-state index < -0.39 is 0 Å². The first-order valence-corrected chi connectivity index (χ1v) is 9.04. The third-order valence-electron chi connectivity index (χ3n) is 4.53. The molecule has 0 amide bonds. The van der Waals surface area contributed by atoms with Gasteiger partial charge in [0, 0.05) is 11.6 Å². The highest BCUT2D eigenvalue weighted by Crippen LogP contribution is 2.28. The van der Waals surface area contributed by atoms with Crippen LogP contribution in [0.2, 0.25) is 0 Å². The summed E-state index contributed by atoms with van der Waals surface area (Å²) in [6, 6.07) is 8.10. The molecule has 24 heavy (non-hydrogen) atoms. The number of hydrogen-bond donors (Lipinski definition) is 3. The summed E-state index contributed by atoms with van der Waals surface area (Å²) in [5.41, 5.74) is 2.63. The molecule has 1 aromatic carbocycles. The topological polar surface area (TPSA) is 82.7 Å². The first kappa shape index (κ1) is 15.6. The number of aliphatic hydroxyl groups excluding tert-OH is 2. The molecule has 4 rings (SSSR count). The maximum atomic E-state index is 9.58. The van der Waals surface area contributed by atoms with E-state index >= 15 is 0 Å². The Balaban J connectivity index is 1.54. The number of aromatic nitrogens is 3. The first-order valence-electron chi connectivity index (χ1n) is 8.23. The molecule has 3 aromatic rings. The van der Waals surface area contributed by atoms with Gasteiger partial charge in [0.15, 0.2) is 0 Å². The van der Waals surface area contributed by atoms with Crippen molar-refractivity contribution < 1.29 is 10.2 Å². The SMILES string of the molecule is OCc1ccccc1-c1cn2nc(NC3CCC(O)CC3)sc2n1. The van der Waals surface area contributed by atoms with Gasteiger partial charge < -0.3 is 15.5 Å². The van der Waals surface area contributed by atoms with Crippen LogP contribution in [-0.2, 0) is 6.61 Å². The lowest BCUT2D eigenvalue weighted by Gasteiger charge is -2.25. The molecule has 1 aliphatic carbocycles. The van der Waals surface area contributed by atoms with Crippen LogP contribution in [0, 0.1) is 0 Å². The summed E-state index contributed by atoms with van der Waals surface area (Å²) in [6.45, 7) is -0.00485. The summed E-state index contributed by atoms with van der Waals surface area (Å²) in [5.74, 6) is 0. The number of benzene rings is 1. The minimum atomic E-state index is -0.147. The standard InChI is InChI=1S/C17H20N4O2S/c22-10-11-3-1-2-4-14(11)15-9-21-17(19-15)24-16(20-21)18-12-5-7-13(23)8-6-12/h1-4,9,12-13,22-23H,5-8,10H2,(H,18,20). The van der Waals surface area contributed by atoms with Gasteiger partial charge in [-0.05, 0) is 31.2 Å². The molecule has 6 nitrogen and oxygen atoms in total. The van der Waals surface area contributed by atoms with Crippen LogP contribution in [0.25, 0.3) is 16.2 Å². The van der Waals surface area contributed by atoms with Crippen molar-refractivity contribution >= 4 is 21.4 Å². The van der Waals surface area contributed by atoms with Crippen LogP contribution in [0.3, 0.4) is 0 Å². The maximum Gasteiger partial charge on any atom is 0.214 e. The van der Waals surface area contributed by atoms with Gasteiger partial charge >= 0.3 is 0 Å². The van der Waals surface area contributed by atoms with Gasteiger partial charge in [0.2, 0.25) is 10.1 Å². The van der Waals surface area contributed by atoms with Crippen LogP contribution < -0.4 is 5.32 Å². The maximum absolute atomic E-state index is 9.58. The number of nitrogens with one attached hydrogen (secondary N) is 1. The van der Waals surface area contributed by atoms with Crippen molar-refractivity contribution in [3.05, 3.63) is 36.0 Å². The molecular weight excluding hydrogens is 324 g/mol. The van der Waals surface area contributed by atoms with Crippen LogP contribution in [0.5, 0.6) is 0 Å². The van der Waals surface area contributed by atoms with E-state index in [4.69, 9.17) is 0 Å². The normalized spacial score (nSPS) is 21.2. The van der Waals surface area contributed by atoms with Crippen molar-refractivity contribution in [2.45, 2.75) is 44.4 Å². The van der Waals surface area contributed by atoms with Crippen LogP contribution in [-0.4, -0.2) is 37.0 Å². The summed E-state index contributed by atoms with van der Waals surface area (Å²) in [4.78, 5) is 5.47. The molecule has 1 aliphatic rings. The average molecular weight is 344 g/mol. The Morgan fingerprint density at radius 3 is 2.75 bits per heavy atom. The van der Waals surface area contributed by atoms with Gasteiger partial charge in [-0.3, -0.25) is 0 Å². The second-order valence-electron chi connectivity index (χ2n) is 6.23.